The van der Waals surface area contributed by atoms with Gasteiger partial charge in [0, 0.05) is 37.2 Å². The van der Waals surface area contributed by atoms with Gasteiger partial charge in [0.2, 0.25) is 0 Å². The van der Waals surface area contributed by atoms with Crippen molar-refractivity contribution < 1.29 is 13.6 Å². The summed E-state index contributed by atoms with van der Waals surface area (Å²) < 4.78 is 26.2. The lowest BCUT2D eigenvalue weighted by Gasteiger charge is -2.16. The molecule has 1 heterocycles. The Morgan fingerprint density at radius 2 is 1.91 bits per heavy atom. The number of carbonyl (C=O) groups excluding carboxylic acids is 1. The molecule has 1 amide bonds. The monoisotopic (exact) mass is 319 g/mol. The van der Waals surface area contributed by atoms with Crippen LogP contribution in [0.1, 0.15) is 30.3 Å². The van der Waals surface area contributed by atoms with Gasteiger partial charge in [-0.05, 0) is 30.7 Å². The minimum absolute atomic E-state index is 0.174. The van der Waals surface area contributed by atoms with Gasteiger partial charge in [0.25, 0.3) is 5.91 Å². The molecule has 0 bridgehead atoms. The summed E-state index contributed by atoms with van der Waals surface area (Å²) in [7, 11) is 1.73. The predicted molar refractivity (Wildman–Crippen MR) is 85.7 cm³/mol. The zero-order valence-corrected chi connectivity index (χ0v) is 13.1. The van der Waals surface area contributed by atoms with E-state index in [1.54, 1.807) is 24.1 Å². The average Bonchev–Trinajstić information content (AvgIpc) is 2.55. The van der Waals surface area contributed by atoms with E-state index in [2.05, 4.69) is 17.2 Å². The molecule has 6 heteroatoms. The van der Waals surface area contributed by atoms with E-state index in [-0.39, 0.29) is 5.91 Å². The SMILES string of the molecule is CCCCN(C)C(=O)c1cc(Nc2ccc(F)c(F)c2)ccn1. The molecule has 0 aliphatic heterocycles. The second kappa shape index (κ2) is 7.67. The summed E-state index contributed by atoms with van der Waals surface area (Å²) in [5, 5.41) is 2.93. The van der Waals surface area contributed by atoms with Crippen molar-refractivity contribution in [1.29, 1.82) is 0 Å². The van der Waals surface area contributed by atoms with Crippen molar-refractivity contribution in [2.75, 3.05) is 18.9 Å². The van der Waals surface area contributed by atoms with Gasteiger partial charge < -0.3 is 10.2 Å². The Labute approximate surface area is 134 Å². The Kier molecular flexibility index (Phi) is 5.62. The quantitative estimate of drug-likeness (QED) is 0.876. The molecule has 4 nitrogen and oxygen atoms in total. The summed E-state index contributed by atoms with van der Waals surface area (Å²) in [6, 6.07) is 6.78. The van der Waals surface area contributed by atoms with Crippen molar-refractivity contribution >= 4 is 17.3 Å². The van der Waals surface area contributed by atoms with Gasteiger partial charge in [-0.2, -0.15) is 0 Å². The molecule has 0 aliphatic rings. The largest absolute Gasteiger partial charge is 0.355 e. The summed E-state index contributed by atoms with van der Waals surface area (Å²) in [4.78, 5) is 18.0. The molecular weight excluding hydrogens is 300 g/mol. The standard InChI is InChI=1S/C17H19F2N3O/c1-3-4-9-22(2)17(23)16-11-13(7-8-20-16)21-12-5-6-14(18)15(19)10-12/h5-8,10-11H,3-4,9H2,1-2H3,(H,20,21). The molecular formula is C17H19F2N3O. The predicted octanol–water partition coefficient (Wildman–Crippen LogP) is 3.98. The first-order valence-electron chi connectivity index (χ1n) is 7.45. The Morgan fingerprint density at radius 3 is 2.61 bits per heavy atom. The molecule has 122 valence electrons. The first-order valence-corrected chi connectivity index (χ1v) is 7.45. The highest BCUT2D eigenvalue weighted by molar-refractivity contribution is 5.93. The number of carbonyl (C=O) groups is 1. The molecule has 0 unspecified atom stereocenters. The van der Waals surface area contributed by atoms with Crippen LogP contribution in [0.3, 0.4) is 0 Å². The van der Waals surface area contributed by atoms with E-state index < -0.39 is 11.6 Å². The van der Waals surface area contributed by atoms with Gasteiger partial charge in [-0.15, -0.1) is 0 Å². The van der Waals surface area contributed by atoms with Gasteiger partial charge >= 0.3 is 0 Å². The van der Waals surface area contributed by atoms with Gasteiger partial charge in [-0.25, -0.2) is 8.78 Å². The van der Waals surface area contributed by atoms with Crippen molar-refractivity contribution in [2.24, 2.45) is 0 Å². The number of rotatable bonds is 6. The highest BCUT2D eigenvalue weighted by Crippen LogP contribution is 2.19. The number of pyridine rings is 1. The second-order valence-electron chi connectivity index (χ2n) is 5.26. The van der Waals surface area contributed by atoms with Crippen LogP contribution in [0.25, 0.3) is 0 Å². The van der Waals surface area contributed by atoms with E-state index in [4.69, 9.17) is 0 Å². The average molecular weight is 319 g/mol. The van der Waals surface area contributed by atoms with Crippen LogP contribution in [-0.4, -0.2) is 29.4 Å². The van der Waals surface area contributed by atoms with Gasteiger partial charge in [0.15, 0.2) is 11.6 Å². The number of benzene rings is 1. The Balaban J connectivity index is 2.13. The van der Waals surface area contributed by atoms with E-state index in [1.807, 2.05) is 0 Å². The highest BCUT2D eigenvalue weighted by Gasteiger charge is 2.13. The fourth-order valence-corrected chi connectivity index (χ4v) is 2.06. The van der Waals surface area contributed by atoms with Crippen LogP contribution in [0.15, 0.2) is 36.5 Å². The van der Waals surface area contributed by atoms with Crippen LogP contribution in [-0.2, 0) is 0 Å². The second-order valence-corrected chi connectivity index (χ2v) is 5.26. The van der Waals surface area contributed by atoms with E-state index in [9.17, 15) is 13.6 Å². The lowest BCUT2D eigenvalue weighted by molar-refractivity contribution is 0.0787. The molecule has 1 aromatic heterocycles. The Morgan fingerprint density at radius 1 is 1.17 bits per heavy atom. The third kappa shape index (κ3) is 4.48. The number of nitrogens with zero attached hydrogens (tertiary/aromatic N) is 2. The Hall–Kier alpha value is -2.50. The summed E-state index contributed by atoms with van der Waals surface area (Å²) in [6.45, 7) is 2.72. The lowest BCUT2D eigenvalue weighted by atomic mass is 10.2. The van der Waals surface area contributed by atoms with E-state index in [0.717, 1.165) is 25.0 Å². The topological polar surface area (TPSA) is 45.2 Å². The highest BCUT2D eigenvalue weighted by atomic mass is 19.2. The maximum atomic E-state index is 13.2. The maximum absolute atomic E-state index is 13.2. The normalized spacial score (nSPS) is 10.4. The summed E-state index contributed by atoms with van der Waals surface area (Å²) in [5.41, 5.74) is 1.28. The number of amides is 1. The van der Waals surface area contributed by atoms with Crippen molar-refractivity contribution in [2.45, 2.75) is 19.8 Å². The van der Waals surface area contributed by atoms with Crippen LogP contribution in [0.4, 0.5) is 20.2 Å². The Bertz CT molecular complexity index is 691. The fourth-order valence-electron chi connectivity index (χ4n) is 2.06. The summed E-state index contributed by atoms with van der Waals surface area (Å²) >= 11 is 0. The number of hydrogen-bond donors (Lipinski definition) is 1. The van der Waals surface area contributed by atoms with Gasteiger partial charge in [-0.3, -0.25) is 9.78 Å². The number of anilines is 2. The van der Waals surface area contributed by atoms with Gasteiger partial charge in [0.05, 0.1) is 0 Å². The lowest BCUT2D eigenvalue weighted by Crippen LogP contribution is -2.28. The molecule has 0 aliphatic carbocycles. The van der Waals surface area contributed by atoms with Crippen molar-refractivity contribution in [3.8, 4) is 0 Å². The molecule has 0 saturated carbocycles. The van der Waals surface area contributed by atoms with Gasteiger partial charge in [0.1, 0.15) is 5.69 Å². The van der Waals surface area contributed by atoms with E-state index in [0.29, 0.717) is 23.6 Å². The summed E-state index contributed by atoms with van der Waals surface area (Å²) in [6.07, 6.45) is 3.43. The molecule has 1 N–H and O–H groups in total. The number of nitrogens with one attached hydrogen (secondary N) is 1. The van der Waals surface area contributed by atoms with Crippen LogP contribution in [0.2, 0.25) is 0 Å². The minimum Gasteiger partial charge on any atom is -0.355 e. The van der Waals surface area contributed by atoms with Gasteiger partial charge in [-0.1, -0.05) is 13.3 Å². The van der Waals surface area contributed by atoms with Crippen LogP contribution >= 0.6 is 0 Å². The van der Waals surface area contributed by atoms with E-state index in [1.165, 1.54) is 12.3 Å². The molecule has 2 aromatic rings. The number of hydrogen-bond acceptors (Lipinski definition) is 3. The van der Waals surface area contributed by atoms with Crippen LogP contribution in [0.5, 0.6) is 0 Å². The molecule has 0 radical (unpaired) electrons. The number of halogens is 2. The number of unbranched alkanes of at least 4 members (excludes halogenated alkanes) is 1. The molecule has 0 saturated heterocycles. The first-order chi connectivity index (χ1) is 11.0. The zero-order chi connectivity index (χ0) is 16.8. The van der Waals surface area contributed by atoms with Crippen molar-refractivity contribution in [1.82, 2.24) is 9.88 Å². The minimum atomic E-state index is -0.931. The van der Waals surface area contributed by atoms with Crippen molar-refractivity contribution in [3.63, 3.8) is 0 Å². The zero-order valence-electron chi connectivity index (χ0n) is 13.1. The first kappa shape index (κ1) is 16.9. The number of aromatic nitrogens is 1. The maximum Gasteiger partial charge on any atom is 0.272 e. The molecule has 0 atom stereocenters. The molecule has 23 heavy (non-hydrogen) atoms. The van der Waals surface area contributed by atoms with Crippen LogP contribution < -0.4 is 5.32 Å². The van der Waals surface area contributed by atoms with Crippen molar-refractivity contribution in [3.05, 3.63) is 53.9 Å². The molecule has 0 spiro atoms. The third-order valence-corrected chi connectivity index (χ3v) is 3.38. The fraction of sp³-hybridized carbons (Fsp3) is 0.294. The smallest absolute Gasteiger partial charge is 0.272 e. The van der Waals surface area contributed by atoms with E-state index >= 15 is 0 Å². The third-order valence-electron chi connectivity index (χ3n) is 3.38. The molecule has 1 aromatic carbocycles. The van der Waals surface area contributed by atoms with Crippen LogP contribution in [0, 0.1) is 11.6 Å². The molecule has 0 fully saturated rings. The summed E-state index contributed by atoms with van der Waals surface area (Å²) in [5.74, 6) is -2.01. The molecule has 2 rings (SSSR count).